The molecule has 4 heterocycles. The van der Waals surface area contributed by atoms with Gasteiger partial charge in [0.25, 0.3) is 0 Å². The van der Waals surface area contributed by atoms with Gasteiger partial charge in [-0.1, -0.05) is 6.07 Å². The van der Waals surface area contributed by atoms with Crippen molar-refractivity contribution in [3.05, 3.63) is 49.1 Å². The first kappa shape index (κ1) is 18.9. The van der Waals surface area contributed by atoms with Crippen LogP contribution in [0.4, 0.5) is 0 Å². The number of pyridine rings is 2. The summed E-state index contributed by atoms with van der Waals surface area (Å²) in [6.07, 6.45) is 7.81. The SMILES string of the molecule is COc1cc(-c2cnn3cc(-c4cnn(CCN(C)C)c4)ccc23)cc(OC)n1. The first-order chi connectivity index (χ1) is 14.1. The molecule has 0 aliphatic rings. The Morgan fingerprint density at radius 1 is 0.897 bits per heavy atom. The van der Waals surface area contributed by atoms with Crippen LogP contribution in [-0.4, -0.2) is 64.1 Å². The van der Waals surface area contributed by atoms with E-state index in [-0.39, 0.29) is 0 Å². The highest BCUT2D eigenvalue weighted by molar-refractivity contribution is 5.81. The van der Waals surface area contributed by atoms with Crippen molar-refractivity contribution in [2.75, 3.05) is 34.9 Å². The predicted octanol–water partition coefficient (Wildman–Crippen LogP) is 2.84. The summed E-state index contributed by atoms with van der Waals surface area (Å²) >= 11 is 0. The van der Waals surface area contributed by atoms with Crippen molar-refractivity contribution in [1.82, 2.24) is 29.3 Å². The molecular formula is C21H24N6O2. The number of nitrogens with zero attached hydrogens (tertiary/aromatic N) is 6. The van der Waals surface area contributed by atoms with Crippen LogP contribution in [0.5, 0.6) is 11.8 Å². The van der Waals surface area contributed by atoms with Crippen molar-refractivity contribution in [2.24, 2.45) is 0 Å². The summed E-state index contributed by atoms with van der Waals surface area (Å²) in [4.78, 5) is 6.40. The van der Waals surface area contributed by atoms with Crippen molar-refractivity contribution in [1.29, 1.82) is 0 Å². The van der Waals surface area contributed by atoms with E-state index in [2.05, 4.69) is 52.5 Å². The zero-order valence-electron chi connectivity index (χ0n) is 17.0. The fourth-order valence-electron chi connectivity index (χ4n) is 3.16. The van der Waals surface area contributed by atoms with E-state index >= 15 is 0 Å². The predicted molar refractivity (Wildman–Crippen MR) is 111 cm³/mol. The van der Waals surface area contributed by atoms with E-state index in [1.54, 1.807) is 14.2 Å². The molecule has 150 valence electrons. The molecule has 8 heteroatoms. The molecule has 0 radical (unpaired) electrons. The fraction of sp³-hybridized carbons (Fsp3) is 0.286. The molecule has 4 rings (SSSR count). The Hall–Kier alpha value is -3.39. The first-order valence-corrected chi connectivity index (χ1v) is 9.33. The van der Waals surface area contributed by atoms with Gasteiger partial charge in [0.2, 0.25) is 11.8 Å². The molecule has 29 heavy (non-hydrogen) atoms. The van der Waals surface area contributed by atoms with Gasteiger partial charge in [-0.3, -0.25) is 4.68 Å². The summed E-state index contributed by atoms with van der Waals surface area (Å²) in [6, 6.07) is 7.90. The molecule has 4 aromatic heterocycles. The van der Waals surface area contributed by atoms with Crippen LogP contribution in [0.25, 0.3) is 27.8 Å². The van der Waals surface area contributed by atoms with Crippen molar-refractivity contribution in [3.63, 3.8) is 0 Å². The molecule has 0 spiro atoms. The van der Waals surface area contributed by atoms with Gasteiger partial charge in [0, 0.05) is 47.8 Å². The second-order valence-corrected chi connectivity index (χ2v) is 7.04. The van der Waals surface area contributed by atoms with E-state index in [0.717, 1.165) is 40.9 Å². The molecule has 0 fully saturated rings. The molecule has 4 aromatic rings. The average Bonchev–Trinajstić information content (AvgIpc) is 3.38. The maximum absolute atomic E-state index is 5.29. The van der Waals surface area contributed by atoms with E-state index in [1.807, 2.05) is 39.9 Å². The van der Waals surface area contributed by atoms with Crippen molar-refractivity contribution in [3.8, 4) is 34.0 Å². The van der Waals surface area contributed by atoms with E-state index < -0.39 is 0 Å². The van der Waals surface area contributed by atoms with Crippen molar-refractivity contribution >= 4 is 5.52 Å². The molecule has 0 saturated heterocycles. The van der Waals surface area contributed by atoms with Crippen LogP contribution >= 0.6 is 0 Å². The molecule has 0 N–H and O–H groups in total. The molecule has 8 nitrogen and oxygen atoms in total. The van der Waals surface area contributed by atoms with Gasteiger partial charge in [0.1, 0.15) is 0 Å². The van der Waals surface area contributed by atoms with E-state index in [0.29, 0.717) is 11.8 Å². The van der Waals surface area contributed by atoms with Crippen molar-refractivity contribution < 1.29 is 9.47 Å². The minimum absolute atomic E-state index is 0.500. The van der Waals surface area contributed by atoms with Gasteiger partial charge in [-0.15, -0.1) is 0 Å². The number of rotatable bonds is 7. The number of methoxy groups -OCH3 is 2. The van der Waals surface area contributed by atoms with Crippen LogP contribution < -0.4 is 9.47 Å². The maximum Gasteiger partial charge on any atom is 0.216 e. The van der Waals surface area contributed by atoms with Gasteiger partial charge >= 0.3 is 0 Å². The Balaban J connectivity index is 1.66. The molecule has 0 saturated carbocycles. The van der Waals surface area contributed by atoms with Crippen LogP contribution in [0.1, 0.15) is 0 Å². The molecule has 0 aliphatic carbocycles. The number of hydrogen-bond donors (Lipinski definition) is 0. The Morgan fingerprint density at radius 2 is 1.66 bits per heavy atom. The number of hydrogen-bond acceptors (Lipinski definition) is 6. The van der Waals surface area contributed by atoms with Crippen LogP contribution in [0.3, 0.4) is 0 Å². The van der Waals surface area contributed by atoms with Crippen LogP contribution in [-0.2, 0) is 6.54 Å². The Kier molecular flexibility index (Phi) is 5.18. The Bertz CT molecular complexity index is 1110. The molecular weight excluding hydrogens is 368 g/mol. The quantitative estimate of drug-likeness (QED) is 0.482. The van der Waals surface area contributed by atoms with E-state index in [4.69, 9.17) is 9.47 Å². The maximum atomic E-state index is 5.29. The van der Waals surface area contributed by atoms with Gasteiger partial charge in [-0.25, -0.2) is 4.52 Å². The third-order valence-corrected chi connectivity index (χ3v) is 4.77. The molecule has 0 atom stereocenters. The molecule has 0 bridgehead atoms. The fourth-order valence-corrected chi connectivity index (χ4v) is 3.16. The van der Waals surface area contributed by atoms with E-state index in [9.17, 15) is 0 Å². The molecule has 0 aliphatic heterocycles. The highest BCUT2D eigenvalue weighted by Gasteiger charge is 2.12. The van der Waals surface area contributed by atoms with Gasteiger partial charge in [-0.2, -0.15) is 15.2 Å². The Morgan fingerprint density at radius 3 is 2.34 bits per heavy atom. The third-order valence-electron chi connectivity index (χ3n) is 4.77. The zero-order valence-corrected chi connectivity index (χ0v) is 17.0. The lowest BCUT2D eigenvalue weighted by Gasteiger charge is -2.08. The summed E-state index contributed by atoms with van der Waals surface area (Å²) in [6.45, 7) is 1.80. The number of likely N-dealkylation sites (N-methyl/N-ethyl adjacent to an activating group) is 1. The monoisotopic (exact) mass is 392 g/mol. The zero-order chi connectivity index (χ0) is 20.4. The van der Waals surface area contributed by atoms with Gasteiger partial charge in [0.15, 0.2) is 0 Å². The Labute approximate surface area is 169 Å². The third kappa shape index (κ3) is 3.93. The van der Waals surface area contributed by atoms with Crippen molar-refractivity contribution in [2.45, 2.75) is 6.54 Å². The number of fused-ring (bicyclic) bond motifs is 1. The summed E-state index contributed by atoms with van der Waals surface area (Å²) in [7, 11) is 7.29. The summed E-state index contributed by atoms with van der Waals surface area (Å²) in [5, 5.41) is 9.00. The van der Waals surface area contributed by atoms with Gasteiger partial charge in [-0.05, 0) is 25.7 Å². The smallest absolute Gasteiger partial charge is 0.216 e. The minimum atomic E-state index is 0.500. The minimum Gasteiger partial charge on any atom is -0.481 e. The summed E-state index contributed by atoms with van der Waals surface area (Å²) in [5.74, 6) is 1.00. The normalized spacial score (nSPS) is 11.3. The second kappa shape index (κ2) is 7.92. The topological polar surface area (TPSA) is 69.7 Å². The second-order valence-electron chi connectivity index (χ2n) is 7.04. The largest absolute Gasteiger partial charge is 0.481 e. The lowest BCUT2D eigenvalue weighted by molar-refractivity contribution is 0.365. The molecule has 0 amide bonds. The number of ether oxygens (including phenoxy) is 2. The number of aromatic nitrogens is 5. The summed E-state index contributed by atoms with van der Waals surface area (Å²) in [5.41, 5.74) is 5.04. The van der Waals surface area contributed by atoms with E-state index in [1.165, 1.54) is 0 Å². The lowest BCUT2D eigenvalue weighted by atomic mass is 10.1. The van der Waals surface area contributed by atoms with Crippen LogP contribution in [0, 0.1) is 0 Å². The standard InChI is InChI=1S/C21H24N6O2/c1-25(2)7-8-26-13-17(11-22-26)15-5-6-19-18(12-23-27(19)14-15)16-9-20(28-3)24-21(10-16)29-4/h5-6,9-14H,7-8H2,1-4H3. The molecule has 0 aromatic carbocycles. The average molecular weight is 392 g/mol. The van der Waals surface area contributed by atoms with Gasteiger partial charge in [0.05, 0.1) is 38.7 Å². The lowest BCUT2D eigenvalue weighted by Crippen LogP contribution is -2.18. The highest BCUT2D eigenvalue weighted by atomic mass is 16.5. The van der Waals surface area contributed by atoms with Crippen LogP contribution in [0.15, 0.2) is 49.1 Å². The van der Waals surface area contributed by atoms with Gasteiger partial charge < -0.3 is 14.4 Å². The van der Waals surface area contributed by atoms with Crippen LogP contribution in [0.2, 0.25) is 0 Å². The summed E-state index contributed by atoms with van der Waals surface area (Å²) < 4.78 is 14.4. The highest BCUT2D eigenvalue weighted by Crippen LogP contribution is 2.31. The first-order valence-electron chi connectivity index (χ1n) is 9.33. The molecule has 0 unspecified atom stereocenters.